The van der Waals surface area contributed by atoms with E-state index < -0.39 is 0 Å². The summed E-state index contributed by atoms with van der Waals surface area (Å²) < 4.78 is 1.99. The van der Waals surface area contributed by atoms with Crippen LogP contribution in [-0.4, -0.2) is 14.6 Å². The maximum atomic E-state index is 4.91. The van der Waals surface area contributed by atoms with Crippen LogP contribution in [0, 0.1) is 6.92 Å². The van der Waals surface area contributed by atoms with E-state index in [2.05, 4.69) is 42.4 Å². The highest BCUT2D eigenvalue weighted by molar-refractivity contribution is 5.64. The fourth-order valence-corrected chi connectivity index (χ4v) is 3.41. The normalized spacial score (nSPS) is 15.9. The van der Waals surface area contributed by atoms with Crippen molar-refractivity contribution in [1.82, 2.24) is 14.6 Å². The fourth-order valence-electron chi connectivity index (χ4n) is 3.41. The van der Waals surface area contributed by atoms with Gasteiger partial charge in [0.2, 0.25) is 0 Å². The lowest BCUT2D eigenvalue weighted by Crippen LogP contribution is -2.00. The van der Waals surface area contributed by atoms with E-state index in [0.717, 1.165) is 17.0 Å². The lowest BCUT2D eigenvalue weighted by molar-refractivity contribution is 0.727. The summed E-state index contributed by atoms with van der Waals surface area (Å²) in [5.41, 5.74) is 5.72. The molecule has 0 bridgehead atoms. The van der Waals surface area contributed by atoms with Crippen LogP contribution in [0.15, 0.2) is 42.6 Å². The number of nitrogens with zero attached hydrogens (tertiary/aromatic N) is 3. The van der Waals surface area contributed by atoms with Gasteiger partial charge in [-0.1, -0.05) is 43.2 Å². The second-order valence-corrected chi connectivity index (χ2v) is 5.97. The van der Waals surface area contributed by atoms with Crippen LogP contribution in [0.3, 0.4) is 0 Å². The molecule has 1 aromatic carbocycles. The molecular weight excluding hydrogens is 258 g/mol. The first-order valence-electron chi connectivity index (χ1n) is 7.73. The van der Waals surface area contributed by atoms with Gasteiger partial charge in [-0.25, -0.2) is 9.50 Å². The molecule has 3 aromatic rings. The second kappa shape index (κ2) is 4.99. The Morgan fingerprint density at radius 3 is 2.62 bits per heavy atom. The monoisotopic (exact) mass is 277 g/mol. The first-order valence-corrected chi connectivity index (χ1v) is 7.73. The molecule has 2 heterocycles. The SMILES string of the molecule is Cc1cc(-c2ccccc2)nc2c(C3CCCC3)cnn12. The average Bonchev–Trinajstić information content (AvgIpc) is 3.16. The van der Waals surface area contributed by atoms with E-state index in [1.54, 1.807) is 0 Å². The van der Waals surface area contributed by atoms with Crippen molar-refractivity contribution in [1.29, 1.82) is 0 Å². The minimum Gasteiger partial charge on any atom is -0.228 e. The van der Waals surface area contributed by atoms with E-state index in [1.807, 2.05) is 16.8 Å². The van der Waals surface area contributed by atoms with Crippen LogP contribution in [0.4, 0.5) is 0 Å². The number of aromatic nitrogens is 3. The van der Waals surface area contributed by atoms with E-state index in [1.165, 1.54) is 36.8 Å². The quantitative estimate of drug-likeness (QED) is 0.696. The van der Waals surface area contributed by atoms with Crippen molar-refractivity contribution in [3.05, 3.63) is 53.9 Å². The van der Waals surface area contributed by atoms with Crippen LogP contribution >= 0.6 is 0 Å². The van der Waals surface area contributed by atoms with Gasteiger partial charge in [0, 0.05) is 16.8 Å². The molecule has 3 nitrogen and oxygen atoms in total. The van der Waals surface area contributed by atoms with E-state index in [0.29, 0.717) is 5.92 Å². The van der Waals surface area contributed by atoms with Gasteiger partial charge in [0.25, 0.3) is 0 Å². The Morgan fingerprint density at radius 2 is 1.86 bits per heavy atom. The highest BCUT2D eigenvalue weighted by atomic mass is 15.3. The number of fused-ring (bicyclic) bond motifs is 1. The van der Waals surface area contributed by atoms with Gasteiger partial charge in [-0.2, -0.15) is 5.10 Å². The van der Waals surface area contributed by atoms with Crippen molar-refractivity contribution in [2.75, 3.05) is 0 Å². The summed E-state index contributed by atoms with van der Waals surface area (Å²) in [6.07, 6.45) is 7.24. The number of hydrogen-bond donors (Lipinski definition) is 0. The summed E-state index contributed by atoms with van der Waals surface area (Å²) in [6, 6.07) is 12.5. The van der Waals surface area contributed by atoms with Crippen LogP contribution < -0.4 is 0 Å². The smallest absolute Gasteiger partial charge is 0.159 e. The molecule has 1 saturated carbocycles. The first kappa shape index (κ1) is 12.6. The maximum Gasteiger partial charge on any atom is 0.159 e. The Labute approximate surface area is 124 Å². The third kappa shape index (κ3) is 2.13. The molecule has 0 spiro atoms. The Kier molecular flexibility index (Phi) is 2.99. The molecule has 1 aliphatic carbocycles. The Bertz CT molecular complexity index is 768. The van der Waals surface area contributed by atoms with Crippen molar-refractivity contribution in [3.8, 4) is 11.3 Å². The highest BCUT2D eigenvalue weighted by Gasteiger charge is 2.22. The molecule has 0 radical (unpaired) electrons. The van der Waals surface area contributed by atoms with Crippen LogP contribution in [0.25, 0.3) is 16.9 Å². The molecule has 2 aromatic heterocycles. The van der Waals surface area contributed by atoms with Gasteiger partial charge in [0.15, 0.2) is 5.65 Å². The summed E-state index contributed by atoms with van der Waals surface area (Å²) in [6.45, 7) is 2.10. The topological polar surface area (TPSA) is 30.2 Å². The van der Waals surface area contributed by atoms with Gasteiger partial charge < -0.3 is 0 Å². The third-order valence-electron chi connectivity index (χ3n) is 4.54. The van der Waals surface area contributed by atoms with Gasteiger partial charge >= 0.3 is 0 Å². The lowest BCUT2D eigenvalue weighted by atomic mass is 10.0. The number of hydrogen-bond acceptors (Lipinski definition) is 2. The molecule has 21 heavy (non-hydrogen) atoms. The minimum atomic E-state index is 0.639. The molecule has 3 heteroatoms. The highest BCUT2D eigenvalue weighted by Crippen LogP contribution is 2.36. The zero-order valence-corrected chi connectivity index (χ0v) is 12.3. The van der Waals surface area contributed by atoms with Crippen LogP contribution in [0.1, 0.15) is 42.9 Å². The van der Waals surface area contributed by atoms with E-state index >= 15 is 0 Å². The zero-order chi connectivity index (χ0) is 14.2. The van der Waals surface area contributed by atoms with Crippen molar-refractivity contribution < 1.29 is 0 Å². The summed E-state index contributed by atoms with van der Waals surface area (Å²) in [5, 5.41) is 4.55. The van der Waals surface area contributed by atoms with Gasteiger partial charge in [0.1, 0.15) is 0 Å². The van der Waals surface area contributed by atoms with Crippen molar-refractivity contribution in [2.45, 2.75) is 38.5 Å². The molecule has 0 amide bonds. The molecule has 0 N–H and O–H groups in total. The molecule has 1 fully saturated rings. The minimum absolute atomic E-state index is 0.639. The Balaban J connectivity index is 1.89. The van der Waals surface area contributed by atoms with Crippen LogP contribution in [0.5, 0.6) is 0 Å². The average molecular weight is 277 g/mol. The number of aryl methyl sites for hydroxylation is 1. The molecule has 4 rings (SSSR count). The van der Waals surface area contributed by atoms with Gasteiger partial charge in [-0.05, 0) is 31.7 Å². The Morgan fingerprint density at radius 1 is 1.10 bits per heavy atom. The van der Waals surface area contributed by atoms with Crippen molar-refractivity contribution >= 4 is 5.65 Å². The zero-order valence-electron chi connectivity index (χ0n) is 12.3. The fraction of sp³-hybridized carbons (Fsp3) is 0.333. The van der Waals surface area contributed by atoms with Gasteiger partial charge in [0.05, 0.1) is 11.9 Å². The first-order chi connectivity index (χ1) is 10.3. The molecule has 1 aliphatic rings. The number of rotatable bonds is 2. The molecule has 106 valence electrons. The summed E-state index contributed by atoms with van der Waals surface area (Å²) in [4.78, 5) is 4.91. The van der Waals surface area contributed by atoms with Crippen molar-refractivity contribution in [3.63, 3.8) is 0 Å². The summed E-state index contributed by atoms with van der Waals surface area (Å²) in [7, 11) is 0. The van der Waals surface area contributed by atoms with Crippen LogP contribution in [0.2, 0.25) is 0 Å². The lowest BCUT2D eigenvalue weighted by Gasteiger charge is -2.09. The summed E-state index contributed by atoms with van der Waals surface area (Å²) >= 11 is 0. The molecular formula is C18H19N3. The predicted octanol–water partition coefficient (Wildman–Crippen LogP) is 4.36. The van der Waals surface area contributed by atoms with E-state index in [-0.39, 0.29) is 0 Å². The molecule has 0 saturated heterocycles. The van der Waals surface area contributed by atoms with Gasteiger partial charge in [-0.3, -0.25) is 0 Å². The predicted molar refractivity (Wildman–Crippen MR) is 84.4 cm³/mol. The van der Waals surface area contributed by atoms with E-state index in [9.17, 15) is 0 Å². The van der Waals surface area contributed by atoms with Crippen LogP contribution in [-0.2, 0) is 0 Å². The third-order valence-corrected chi connectivity index (χ3v) is 4.54. The largest absolute Gasteiger partial charge is 0.228 e. The summed E-state index contributed by atoms with van der Waals surface area (Å²) in [5.74, 6) is 0.639. The van der Waals surface area contributed by atoms with Gasteiger partial charge in [-0.15, -0.1) is 0 Å². The molecule has 0 atom stereocenters. The maximum absolute atomic E-state index is 4.91. The number of benzene rings is 1. The standard InChI is InChI=1S/C18H19N3/c1-13-11-17(15-9-3-2-4-10-15)20-18-16(12-19-21(13)18)14-7-5-6-8-14/h2-4,9-12,14H,5-8H2,1H3. The Hall–Kier alpha value is -2.16. The second-order valence-electron chi connectivity index (χ2n) is 5.97. The molecule has 0 aliphatic heterocycles. The molecule has 0 unspecified atom stereocenters. The van der Waals surface area contributed by atoms with Crippen molar-refractivity contribution in [2.24, 2.45) is 0 Å². The van der Waals surface area contributed by atoms with E-state index in [4.69, 9.17) is 4.98 Å².